The first-order valence-electron chi connectivity index (χ1n) is 9.29. The molecule has 0 radical (unpaired) electrons. The molecule has 2 aromatic carbocycles. The molecule has 0 N–H and O–H groups in total. The lowest BCUT2D eigenvalue weighted by Crippen LogP contribution is -2.27. The van der Waals surface area contributed by atoms with Crippen LogP contribution in [0.4, 0.5) is 0 Å². The number of hydrogen-bond donors (Lipinski definition) is 0. The van der Waals surface area contributed by atoms with Crippen LogP contribution >= 0.6 is 24.0 Å². The molecule has 0 saturated carbocycles. The zero-order chi connectivity index (χ0) is 22.5. The predicted octanol–water partition coefficient (Wildman–Crippen LogP) is 4.15. The van der Waals surface area contributed by atoms with Crippen LogP contribution in [0, 0.1) is 0 Å². The molecule has 1 heterocycles. The van der Waals surface area contributed by atoms with Crippen molar-refractivity contribution in [2.24, 2.45) is 0 Å². The quantitative estimate of drug-likeness (QED) is 0.265. The van der Waals surface area contributed by atoms with Crippen molar-refractivity contribution >= 4 is 46.3 Å². The van der Waals surface area contributed by atoms with Crippen LogP contribution in [0.1, 0.15) is 22.8 Å². The SMILES string of the molecule is CCN1C(=O)/C(=C\c2ccc(OC(=O)c3ccc(OC)c(OC)c3)c(OC)c2)SC1=S. The maximum Gasteiger partial charge on any atom is 0.343 e. The molecule has 2 aromatic rings. The van der Waals surface area contributed by atoms with E-state index < -0.39 is 5.97 Å². The van der Waals surface area contributed by atoms with Crippen LogP contribution in [-0.2, 0) is 4.79 Å². The van der Waals surface area contributed by atoms with Crippen LogP contribution in [-0.4, -0.2) is 49.0 Å². The van der Waals surface area contributed by atoms with E-state index >= 15 is 0 Å². The Morgan fingerprint density at radius 3 is 2.26 bits per heavy atom. The van der Waals surface area contributed by atoms with Crippen LogP contribution in [0.2, 0.25) is 0 Å². The van der Waals surface area contributed by atoms with Crippen LogP contribution < -0.4 is 18.9 Å². The molecule has 162 valence electrons. The standard InChI is InChI=1S/C22H21NO6S2/c1-5-23-20(24)19(31-22(23)30)11-13-6-8-16(17(10-13)27-3)29-21(25)14-7-9-15(26-2)18(12-14)28-4/h6-12H,5H2,1-4H3/b19-11+. The van der Waals surface area contributed by atoms with E-state index in [9.17, 15) is 9.59 Å². The summed E-state index contributed by atoms with van der Waals surface area (Å²) in [5.74, 6) is 0.837. The van der Waals surface area contributed by atoms with Crippen molar-refractivity contribution in [1.29, 1.82) is 0 Å². The minimum absolute atomic E-state index is 0.125. The van der Waals surface area contributed by atoms with E-state index in [4.69, 9.17) is 31.2 Å². The van der Waals surface area contributed by atoms with Gasteiger partial charge in [0.15, 0.2) is 23.0 Å². The van der Waals surface area contributed by atoms with Crippen molar-refractivity contribution in [3.63, 3.8) is 0 Å². The molecule has 1 aliphatic rings. The smallest absolute Gasteiger partial charge is 0.343 e. The molecule has 1 saturated heterocycles. The summed E-state index contributed by atoms with van der Waals surface area (Å²) in [4.78, 5) is 27.1. The number of amides is 1. The third-order valence-corrected chi connectivity index (χ3v) is 5.87. The number of rotatable bonds is 7. The van der Waals surface area contributed by atoms with Gasteiger partial charge in [-0.25, -0.2) is 4.79 Å². The Bertz CT molecular complexity index is 1070. The molecule has 1 amide bonds. The number of nitrogens with zero attached hydrogens (tertiary/aromatic N) is 1. The van der Waals surface area contributed by atoms with Crippen molar-refractivity contribution in [3.05, 3.63) is 52.4 Å². The topological polar surface area (TPSA) is 74.3 Å². The number of hydrogen-bond acceptors (Lipinski definition) is 8. The number of ether oxygens (including phenoxy) is 4. The summed E-state index contributed by atoms with van der Waals surface area (Å²) in [6.07, 6.45) is 1.73. The average Bonchev–Trinajstić information content (AvgIpc) is 3.05. The van der Waals surface area contributed by atoms with Gasteiger partial charge in [-0.1, -0.05) is 30.0 Å². The van der Waals surface area contributed by atoms with Gasteiger partial charge in [-0.2, -0.15) is 0 Å². The van der Waals surface area contributed by atoms with Gasteiger partial charge >= 0.3 is 5.97 Å². The number of methoxy groups -OCH3 is 3. The van der Waals surface area contributed by atoms with Gasteiger partial charge in [-0.3, -0.25) is 9.69 Å². The van der Waals surface area contributed by atoms with Gasteiger partial charge in [-0.15, -0.1) is 0 Å². The number of benzene rings is 2. The lowest BCUT2D eigenvalue weighted by atomic mass is 10.1. The van der Waals surface area contributed by atoms with Crippen LogP contribution in [0.15, 0.2) is 41.3 Å². The fourth-order valence-electron chi connectivity index (χ4n) is 2.90. The summed E-state index contributed by atoms with van der Waals surface area (Å²) in [6.45, 7) is 2.40. The van der Waals surface area contributed by atoms with Gasteiger partial charge in [0.1, 0.15) is 4.32 Å². The molecule has 0 unspecified atom stereocenters. The average molecular weight is 460 g/mol. The van der Waals surface area contributed by atoms with E-state index in [0.29, 0.717) is 38.6 Å². The third kappa shape index (κ3) is 4.83. The number of thiocarbonyl (C=S) groups is 1. The minimum atomic E-state index is -0.573. The molecule has 9 heteroatoms. The van der Waals surface area contributed by atoms with Crippen LogP contribution in [0.5, 0.6) is 23.0 Å². The second kappa shape index (κ2) is 9.84. The van der Waals surface area contributed by atoms with Crippen molar-refractivity contribution in [3.8, 4) is 23.0 Å². The van der Waals surface area contributed by atoms with Gasteiger partial charge in [0.05, 0.1) is 31.8 Å². The number of carbonyl (C=O) groups is 2. The summed E-state index contributed by atoms with van der Waals surface area (Å²) < 4.78 is 21.8. The van der Waals surface area contributed by atoms with Gasteiger partial charge in [-0.05, 0) is 48.9 Å². The number of esters is 1. The predicted molar refractivity (Wildman–Crippen MR) is 123 cm³/mol. The summed E-state index contributed by atoms with van der Waals surface area (Å²) >= 11 is 6.49. The molecular formula is C22H21NO6S2. The minimum Gasteiger partial charge on any atom is -0.493 e. The lowest BCUT2D eigenvalue weighted by molar-refractivity contribution is -0.121. The van der Waals surface area contributed by atoms with Crippen molar-refractivity contribution < 1.29 is 28.5 Å². The maximum atomic E-state index is 12.6. The van der Waals surface area contributed by atoms with Crippen molar-refractivity contribution in [2.75, 3.05) is 27.9 Å². The molecule has 1 fully saturated rings. The van der Waals surface area contributed by atoms with Gasteiger partial charge in [0, 0.05) is 6.54 Å². The molecule has 0 atom stereocenters. The van der Waals surface area contributed by atoms with Crippen LogP contribution in [0.25, 0.3) is 6.08 Å². The van der Waals surface area contributed by atoms with Crippen molar-refractivity contribution in [1.82, 2.24) is 4.90 Å². The number of likely N-dealkylation sites (N-methyl/N-ethyl adjacent to an activating group) is 1. The molecule has 7 nitrogen and oxygen atoms in total. The Hall–Kier alpha value is -3.04. The van der Waals surface area contributed by atoms with Gasteiger partial charge in [0.25, 0.3) is 5.91 Å². The van der Waals surface area contributed by atoms with E-state index in [1.165, 1.54) is 39.2 Å². The molecule has 3 rings (SSSR count). The Kier molecular flexibility index (Phi) is 7.19. The first-order chi connectivity index (χ1) is 14.9. The summed E-state index contributed by atoms with van der Waals surface area (Å²) in [5, 5.41) is 0. The van der Waals surface area contributed by atoms with E-state index in [2.05, 4.69) is 0 Å². The molecule has 0 aliphatic carbocycles. The summed E-state index contributed by atoms with van der Waals surface area (Å²) in [6, 6.07) is 9.79. The molecule has 0 bridgehead atoms. The fourth-order valence-corrected chi connectivity index (χ4v) is 4.29. The van der Waals surface area contributed by atoms with E-state index in [1.807, 2.05) is 6.92 Å². The maximum absolute atomic E-state index is 12.6. The zero-order valence-corrected chi connectivity index (χ0v) is 19.1. The summed E-state index contributed by atoms with van der Waals surface area (Å²) in [7, 11) is 4.48. The molecule has 0 aromatic heterocycles. The zero-order valence-electron chi connectivity index (χ0n) is 17.5. The normalized spacial score (nSPS) is 14.7. The Labute approximate surface area is 189 Å². The molecular weight excluding hydrogens is 438 g/mol. The Morgan fingerprint density at radius 1 is 1.00 bits per heavy atom. The molecule has 1 aliphatic heterocycles. The highest BCUT2D eigenvalue weighted by atomic mass is 32.2. The second-order valence-electron chi connectivity index (χ2n) is 6.30. The Morgan fingerprint density at radius 2 is 1.65 bits per heavy atom. The fraction of sp³-hybridized carbons (Fsp3) is 0.227. The highest BCUT2D eigenvalue weighted by molar-refractivity contribution is 8.26. The first kappa shape index (κ1) is 22.6. The van der Waals surface area contributed by atoms with E-state index in [1.54, 1.807) is 41.3 Å². The van der Waals surface area contributed by atoms with Crippen LogP contribution in [0.3, 0.4) is 0 Å². The van der Waals surface area contributed by atoms with Gasteiger partial charge in [0.2, 0.25) is 0 Å². The highest BCUT2D eigenvalue weighted by Gasteiger charge is 2.30. The molecule has 31 heavy (non-hydrogen) atoms. The largest absolute Gasteiger partial charge is 0.493 e. The van der Waals surface area contributed by atoms with E-state index in [-0.39, 0.29) is 11.7 Å². The lowest BCUT2D eigenvalue weighted by Gasteiger charge is -2.12. The highest BCUT2D eigenvalue weighted by Crippen LogP contribution is 2.35. The number of carbonyl (C=O) groups excluding carboxylic acids is 2. The molecule has 0 spiro atoms. The number of thioether (sulfide) groups is 1. The third-order valence-electron chi connectivity index (χ3n) is 4.50. The monoisotopic (exact) mass is 459 g/mol. The van der Waals surface area contributed by atoms with Crippen molar-refractivity contribution in [2.45, 2.75) is 6.92 Å². The first-order valence-corrected chi connectivity index (χ1v) is 10.5. The van der Waals surface area contributed by atoms with E-state index in [0.717, 1.165) is 5.56 Å². The second-order valence-corrected chi connectivity index (χ2v) is 7.97. The Balaban J connectivity index is 1.82. The summed E-state index contributed by atoms with van der Waals surface area (Å²) in [5.41, 5.74) is 1.02. The van der Waals surface area contributed by atoms with Gasteiger partial charge < -0.3 is 18.9 Å².